The highest BCUT2D eigenvalue weighted by Gasteiger charge is 2.05. The maximum absolute atomic E-state index is 8.94. The highest BCUT2D eigenvalue weighted by Crippen LogP contribution is 2.04. The van der Waals surface area contributed by atoms with Crippen LogP contribution in [0.15, 0.2) is 60.7 Å². The molecule has 0 spiro atoms. The summed E-state index contributed by atoms with van der Waals surface area (Å²) in [6, 6.07) is 23.1. The van der Waals surface area contributed by atoms with Gasteiger partial charge in [0, 0.05) is 13.1 Å². The summed E-state index contributed by atoms with van der Waals surface area (Å²) >= 11 is 0. The lowest BCUT2D eigenvalue weighted by Crippen LogP contribution is -2.28. The summed E-state index contributed by atoms with van der Waals surface area (Å²) in [4.78, 5) is 2.22. The van der Waals surface area contributed by atoms with E-state index in [1.807, 2.05) is 12.1 Å². The fourth-order valence-electron chi connectivity index (χ4n) is 2.23. The van der Waals surface area contributed by atoms with Gasteiger partial charge in [-0.3, -0.25) is 4.90 Å². The molecule has 0 N–H and O–H groups in total. The van der Waals surface area contributed by atoms with E-state index in [4.69, 9.17) is 5.26 Å². The molecule has 0 amide bonds. The summed E-state index contributed by atoms with van der Waals surface area (Å²) in [5, 5.41) is 8.94. The minimum Gasteiger partial charge on any atom is -0.290 e. The molecule has 0 aliphatic carbocycles. The summed E-state index contributed by atoms with van der Waals surface area (Å²) in [5.74, 6) is 0. The Morgan fingerprint density at radius 3 is 1.60 bits per heavy atom. The fraction of sp³-hybridized carbons (Fsp3) is 0.278. The van der Waals surface area contributed by atoms with Crippen LogP contribution in [0.25, 0.3) is 0 Å². The third kappa shape index (κ3) is 4.87. The standard InChI is InChI=1S/C18H20N2/c19-13-16-20(14-11-17-7-3-1-4-8-17)15-12-18-9-5-2-6-10-18/h1-10H,11-12,14-16H2. The molecule has 2 rings (SSSR count). The number of hydrogen-bond acceptors (Lipinski definition) is 2. The largest absolute Gasteiger partial charge is 0.290 e. The molecule has 2 aromatic carbocycles. The quantitative estimate of drug-likeness (QED) is 0.717. The Hall–Kier alpha value is -2.11. The van der Waals surface area contributed by atoms with Crippen LogP contribution in [0.5, 0.6) is 0 Å². The Balaban J connectivity index is 1.83. The van der Waals surface area contributed by atoms with Crippen molar-refractivity contribution in [1.29, 1.82) is 5.26 Å². The average Bonchev–Trinajstić information content (AvgIpc) is 2.52. The molecule has 0 aliphatic rings. The van der Waals surface area contributed by atoms with Crippen LogP contribution in [0.3, 0.4) is 0 Å². The van der Waals surface area contributed by atoms with Gasteiger partial charge < -0.3 is 0 Å². The van der Waals surface area contributed by atoms with Gasteiger partial charge in [0.2, 0.25) is 0 Å². The molecule has 2 heteroatoms. The normalized spacial score (nSPS) is 10.4. The number of rotatable bonds is 7. The minimum absolute atomic E-state index is 0.500. The zero-order chi connectivity index (χ0) is 14.0. The number of nitrogens with zero attached hydrogens (tertiary/aromatic N) is 2. The fourth-order valence-corrected chi connectivity index (χ4v) is 2.23. The second-order valence-electron chi connectivity index (χ2n) is 4.91. The van der Waals surface area contributed by atoms with Crippen LogP contribution < -0.4 is 0 Å². The van der Waals surface area contributed by atoms with Gasteiger partial charge in [0.05, 0.1) is 12.6 Å². The van der Waals surface area contributed by atoms with Gasteiger partial charge in [-0.05, 0) is 24.0 Å². The second-order valence-corrected chi connectivity index (χ2v) is 4.91. The third-order valence-corrected chi connectivity index (χ3v) is 3.41. The highest BCUT2D eigenvalue weighted by molar-refractivity contribution is 5.16. The molecule has 2 aromatic rings. The summed E-state index contributed by atoms with van der Waals surface area (Å²) in [5.41, 5.74) is 2.66. The summed E-state index contributed by atoms with van der Waals surface area (Å²) in [7, 11) is 0. The van der Waals surface area contributed by atoms with Gasteiger partial charge >= 0.3 is 0 Å². The first-order valence-corrected chi connectivity index (χ1v) is 7.05. The van der Waals surface area contributed by atoms with Crippen LogP contribution >= 0.6 is 0 Å². The lowest BCUT2D eigenvalue weighted by atomic mass is 10.1. The van der Waals surface area contributed by atoms with Crippen molar-refractivity contribution in [3.05, 3.63) is 71.8 Å². The van der Waals surface area contributed by atoms with Gasteiger partial charge in [-0.2, -0.15) is 5.26 Å². The molecule has 0 saturated carbocycles. The zero-order valence-corrected chi connectivity index (χ0v) is 11.7. The van der Waals surface area contributed by atoms with Crippen LogP contribution in [0.1, 0.15) is 11.1 Å². The first kappa shape index (κ1) is 14.3. The van der Waals surface area contributed by atoms with Crippen molar-refractivity contribution in [3.8, 4) is 6.07 Å². The molecule has 0 aromatic heterocycles. The van der Waals surface area contributed by atoms with Gasteiger partial charge in [-0.15, -0.1) is 0 Å². The molecule has 0 radical (unpaired) electrons. The van der Waals surface area contributed by atoms with Gasteiger partial charge in [0.15, 0.2) is 0 Å². The Bertz CT molecular complexity index is 485. The van der Waals surface area contributed by atoms with Crippen LogP contribution in [0, 0.1) is 11.3 Å². The Morgan fingerprint density at radius 1 is 0.750 bits per heavy atom. The molecular weight excluding hydrogens is 244 g/mol. The van der Waals surface area contributed by atoms with E-state index >= 15 is 0 Å². The topological polar surface area (TPSA) is 27.0 Å². The Kier molecular flexibility index (Phi) is 5.82. The molecule has 0 saturated heterocycles. The molecule has 2 nitrogen and oxygen atoms in total. The molecule has 0 heterocycles. The first-order chi connectivity index (χ1) is 9.88. The number of benzene rings is 2. The second kappa shape index (κ2) is 8.14. The lowest BCUT2D eigenvalue weighted by Gasteiger charge is -2.19. The molecule has 0 aliphatic heterocycles. The van der Waals surface area contributed by atoms with E-state index in [1.165, 1.54) is 11.1 Å². The van der Waals surface area contributed by atoms with Crippen molar-refractivity contribution >= 4 is 0 Å². The van der Waals surface area contributed by atoms with E-state index < -0.39 is 0 Å². The molecule has 0 fully saturated rings. The van der Waals surface area contributed by atoms with Gasteiger partial charge in [0.25, 0.3) is 0 Å². The highest BCUT2D eigenvalue weighted by atomic mass is 15.1. The van der Waals surface area contributed by atoms with E-state index in [9.17, 15) is 0 Å². The maximum Gasteiger partial charge on any atom is 0.0866 e. The van der Waals surface area contributed by atoms with E-state index in [0.29, 0.717) is 6.54 Å². The van der Waals surface area contributed by atoms with Crippen molar-refractivity contribution in [1.82, 2.24) is 4.90 Å². The van der Waals surface area contributed by atoms with E-state index in [1.54, 1.807) is 0 Å². The summed E-state index contributed by atoms with van der Waals surface area (Å²) < 4.78 is 0. The monoisotopic (exact) mass is 264 g/mol. The van der Waals surface area contributed by atoms with Crippen molar-refractivity contribution < 1.29 is 0 Å². The predicted molar refractivity (Wildman–Crippen MR) is 82.3 cm³/mol. The van der Waals surface area contributed by atoms with Crippen molar-refractivity contribution in [3.63, 3.8) is 0 Å². The maximum atomic E-state index is 8.94. The molecular formula is C18H20N2. The van der Waals surface area contributed by atoms with Gasteiger partial charge in [0.1, 0.15) is 0 Å². The molecule has 20 heavy (non-hydrogen) atoms. The zero-order valence-electron chi connectivity index (χ0n) is 11.7. The van der Waals surface area contributed by atoms with Crippen LogP contribution in [0.4, 0.5) is 0 Å². The van der Waals surface area contributed by atoms with Crippen molar-refractivity contribution in [2.75, 3.05) is 19.6 Å². The number of hydrogen-bond donors (Lipinski definition) is 0. The Labute approximate surface area is 121 Å². The SMILES string of the molecule is N#CCN(CCc1ccccc1)CCc1ccccc1. The molecule has 0 bridgehead atoms. The summed E-state index contributed by atoms with van der Waals surface area (Å²) in [6.07, 6.45) is 1.99. The lowest BCUT2D eigenvalue weighted by molar-refractivity contribution is 0.313. The average molecular weight is 264 g/mol. The first-order valence-electron chi connectivity index (χ1n) is 7.05. The smallest absolute Gasteiger partial charge is 0.0866 e. The van der Waals surface area contributed by atoms with Crippen molar-refractivity contribution in [2.24, 2.45) is 0 Å². The van der Waals surface area contributed by atoms with Gasteiger partial charge in [-0.25, -0.2) is 0 Å². The molecule has 0 unspecified atom stereocenters. The van der Waals surface area contributed by atoms with Gasteiger partial charge in [-0.1, -0.05) is 60.7 Å². The van der Waals surface area contributed by atoms with E-state index in [0.717, 1.165) is 25.9 Å². The van der Waals surface area contributed by atoms with E-state index in [2.05, 4.69) is 59.5 Å². The summed E-state index contributed by atoms with van der Waals surface area (Å²) in [6.45, 7) is 2.37. The van der Waals surface area contributed by atoms with Crippen LogP contribution in [-0.4, -0.2) is 24.5 Å². The molecule has 0 atom stereocenters. The van der Waals surface area contributed by atoms with Crippen LogP contribution in [0.2, 0.25) is 0 Å². The van der Waals surface area contributed by atoms with E-state index in [-0.39, 0.29) is 0 Å². The predicted octanol–water partition coefficient (Wildman–Crippen LogP) is 3.30. The third-order valence-electron chi connectivity index (χ3n) is 3.41. The minimum atomic E-state index is 0.500. The van der Waals surface area contributed by atoms with Crippen LogP contribution in [-0.2, 0) is 12.8 Å². The Morgan fingerprint density at radius 2 is 1.20 bits per heavy atom. The molecule has 102 valence electrons. The van der Waals surface area contributed by atoms with Crippen molar-refractivity contribution in [2.45, 2.75) is 12.8 Å². The number of nitriles is 1.